The Balaban J connectivity index is 3.20. The fraction of sp³-hybridized carbons (Fsp3) is 0.455. The van der Waals surface area contributed by atoms with E-state index < -0.39 is 27.7 Å². The molecular weight excluding hydrogens is 288 g/mol. The summed E-state index contributed by atoms with van der Waals surface area (Å²) in [5.74, 6) is 0. The lowest BCUT2D eigenvalue weighted by Crippen LogP contribution is -2.34. The highest BCUT2D eigenvalue weighted by Gasteiger charge is 2.22. The number of benzene rings is 1. The Labute approximate surface area is 116 Å². The summed E-state index contributed by atoms with van der Waals surface area (Å²) in [7, 11) is -4.00. The first kappa shape index (κ1) is 16.5. The summed E-state index contributed by atoms with van der Waals surface area (Å²) in [6.07, 6.45) is -1.23. The van der Waals surface area contributed by atoms with Crippen molar-refractivity contribution in [2.75, 3.05) is 13.2 Å². The van der Waals surface area contributed by atoms with E-state index in [0.717, 1.165) is 6.07 Å². The van der Waals surface area contributed by atoms with E-state index in [0.29, 0.717) is 11.1 Å². The van der Waals surface area contributed by atoms with Gasteiger partial charge in [-0.15, -0.1) is 0 Å². The van der Waals surface area contributed by atoms with Crippen LogP contribution in [-0.2, 0) is 10.0 Å². The smallest absolute Gasteiger partial charge is 0.271 e. The molecule has 0 fully saturated rings. The summed E-state index contributed by atoms with van der Waals surface area (Å²) >= 11 is 0. The summed E-state index contributed by atoms with van der Waals surface area (Å²) in [5, 5.41) is 28.6. The topological polar surface area (TPSA) is 130 Å². The fourth-order valence-electron chi connectivity index (χ4n) is 1.54. The third-order valence-corrected chi connectivity index (χ3v) is 4.37. The van der Waals surface area contributed by atoms with Crippen molar-refractivity contribution in [3.8, 4) is 0 Å². The van der Waals surface area contributed by atoms with Crippen molar-refractivity contribution in [3.05, 3.63) is 33.4 Å². The van der Waals surface area contributed by atoms with Crippen LogP contribution in [0.1, 0.15) is 11.1 Å². The molecule has 0 radical (unpaired) electrons. The standard InChI is InChI=1S/C11H16N2O6S/c1-7-3-9(13(16)17)4-11(8(7)2)20(18,19)12-5-10(15)6-14/h3-4,10,12,14-15H,5-6H2,1-2H3. The lowest BCUT2D eigenvalue weighted by Gasteiger charge is -2.12. The molecule has 1 atom stereocenters. The number of nitrogens with one attached hydrogen (secondary N) is 1. The van der Waals surface area contributed by atoms with E-state index in [1.165, 1.54) is 13.0 Å². The minimum absolute atomic E-state index is 0.214. The number of sulfonamides is 1. The van der Waals surface area contributed by atoms with Crippen LogP contribution in [0.15, 0.2) is 17.0 Å². The molecule has 0 amide bonds. The molecule has 1 rings (SSSR count). The minimum atomic E-state index is -4.00. The van der Waals surface area contributed by atoms with Gasteiger partial charge in [0.05, 0.1) is 22.5 Å². The molecule has 0 heterocycles. The highest BCUT2D eigenvalue weighted by atomic mass is 32.2. The van der Waals surface area contributed by atoms with Gasteiger partial charge >= 0.3 is 0 Å². The van der Waals surface area contributed by atoms with E-state index in [9.17, 15) is 18.5 Å². The zero-order valence-electron chi connectivity index (χ0n) is 11.0. The lowest BCUT2D eigenvalue weighted by atomic mass is 10.1. The number of nitrogens with zero attached hydrogens (tertiary/aromatic N) is 1. The van der Waals surface area contributed by atoms with Gasteiger partial charge < -0.3 is 10.2 Å². The molecule has 1 aromatic carbocycles. The number of hydrogen-bond donors (Lipinski definition) is 3. The second-order valence-electron chi connectivity index (χ2n) is 4.33. The molecule has 20 heavy (non-hydrogen) atoms. The lowest BCUT2D eigenvalue weighted by molar-refractivity contribution is -0.385. The molecule has 112 valence electrons. The van der Waals surface area contributed by atoms with Gasteiger partial charge in [0.2, 0.25) is 10.0 Å². The van der Waals surface area contributed by atoms with E-state index in [4.69, 9.17) is 10.2 Å². The Morgan fingerprint density at radius 2 is 2.00 bits per heavy atom. The average Bonchev–Trinajstić information content (AvgIpc) is 2.38. The number of nitro groups is 1. The molecule has 0 aliphatic heterocycles. The first-order valence-corrected chi connectivity index (χ1v) is 7.21. The van der Waals surface area contributed by atoms with Crippen LogP contribution in [0.5, 0.6) is 0 Å². The van der Waals surface area contributed by atoms with Crippen molar-refractivity contribution in [2.24, 2.45) is 0 Å². The fourth-order valence-corrected chi connectivity index (χ4v) is 2.95. The third kappa shape index (κ3) is 3.73. The average molecular weight is 304 g/mol. The van der Waals surface area contributed by atoms with Crippen molar-refractivity contribution < 1.29 is 23.6 Å². The maximum Gasteiger partial charge on any atom is 0.271 e. The number of nitro benzene ring substituents is 1. The van der Waals surface area contributed by atoms with Crippen LogP contribution in [0.25, 0.3) is 0 Å². The molecular formula is C11H16N2O6S. The Morgan fingerprint density at radius 1 is 1.40 bits per heavy atom. The molecule has 0 bridgehead atoms. The molecule has 0 aliphatic rings. The van der Waals surface area contributed by atoms with E-state index in [1.807, 2.05) is 0 Å². The van der Waals surface area contributed by atoms with Gasteiger partial charge in [0, 0.05) is 18.7 Å². The van der Waals surface area contributed by atoms with Gasteiger partial charge in [-0.2, -0.15) is 0 Å². The number of rotatable bonds is 6. The van der Waals surface area contributed by atoms with Crippen LogP contribution in [0.3, 0.4) is 0 Å². The zero-order valence-corrected chi connectivity index (χ0v) is 11.8. The third-order valence-electron chi connectivity index (χ3n) is 2.82. The predicted octanol–water partition coefficient (Wildman–Crippen LogP) is -0.157. The van der Waals surface area contributed by atoms with Gasteiger partial charge in [0.15, 0.2) is 0 Å². The van der Waals surface area contributed by atoms with Crippen LogP contribution in [-0.4, -0.2) is 42.8 Å². The highest BCUT2D eigenvalue weighted by Crippen LogP contribution is 2.25. The van der Waals surface area contributed by atoms with Crippen molar-refractivity contribution >= 4 is 15.7 Å². The summed E-state index contributed by atoms with van der Waals surface area (Å²) in [6.45, 7) is 2.15. The maximum absolute atomic E-state index is 12.1. The summed E-state index contributed by atoms with van der Waals surface area (Å²) in [6, 6.07) is 2.26. The largest absolute Gasteiger partial charge is 0.394 e. The van der Waals surface area contributed by atoms with Crippen LogP contribution < -0.4 is 4.72 Å². The molecule has 0 saturated heterocycles. The number of aryl methyl sites for hydroxylation is 1. The molecule has 1 unspecified atom stereocenters. The van der Waals surface area contributed by atoms with Gasteiger partial charge in [0.25, 0.3) is 5.69 Å². The van der Waals surface area contributed by atoms with Crippen LogP contribution in [0.4, 0.5) is 5.69 Å². The first-order chi connectivity index (χ1) is 9.19. The van der Waals surface area contributed by atoms with Gasteiger partial charge in [0.1, 0.15) is 0 Å². The molecule has 0 aromatic heterocycles. The van der Waals surface area contributed by atoms with E-state index >= 15 is 0 Å². The van der Waals surface area contributed by atoms with Crippen LogP contribution in [0.2, 0.25) is 0 Å². The van der Waals surface area contributed by atoms with Crippen molar-refractivity contribution in [1.29, 1.82) is 0 Å². The van der Waals surface area contributed by atoms with Crippen LogP contribution >= 0.6 is 0 Å². The number of aliphatic hydroxyl groups is 2. The van der Waals surface area contributed by atoms with Gasteiger partial charge in [-0.3, -0.25) is 10.1 Å². The molecule has 0 saturated carbocycles. The van der Waals surface area contributed by atoms with Gasteiger partial charge in [-0.05, 0) is 25.0 Å². The Morgan fingerprint density at radius 3 is 2.50 bits per heavy atom. The molecule has 3 N–H and O–H groups in total. The number of non-ortho nitro benzene ring substituents is 1. The van der Waals surface area contributed by atoms with E-state index in [-0.39, 0.29) is 17.1 Å². The minimum Gasteiger partial charge on any atom is -0.394 e. The number of aliphatic hydroxyl groups excluding tert-OH is 2. The Bertz CT molecular complexity index is 614. The Kier molecular flexibility index (Phi) is 5.17. The highest BCUT2D eigenvalue weighted by molar-refractivity contribution is 7.89. The quantitative estimate of drug-likeness (QED) is 0.494. The Hall–Kier alpha value is -1.55. The van der Waals surface area contributed by atoms with E-state index in [2.05, 4.69) is 4.72 Å². The number of hydrogen-bond acceptors (Lipinski definition) is 6. The second-order valence-corrected chi connectivity index (χ2v) is 6.07. The second kappa shape index (κ2) is 6.27. The molecule has 8 nitrogen and oxygen atoms in total. The van der Waals surface area contributed by atoms with E-state index in [1.54, 1.807) is 6.92 Å². The zero-order chi connectivity index (χ0) is 15.5. The maximum atomic E-state index is 12.1. The normalized spacial score (nSPS) is 13.2. The molecule has 0 aliphatic carbocycles. The SMILES string of the molecule is Cc1cc([N+](=O)[O-])cc(S(=O)(=O)NCC(O)CO)c1C. The molecule has 9 heteroatoms. The first-order valence-electron chi connectivity index (χ1n) is 5.73. The van der Waals surface area contributed by atoms with Crippen molar-refractivity contribution in [1.82, 2.24) is 4.72 Å². The van der Waals surface area contributed by atoms with Crippen molar-refractivity contribution in [3.63, 3.8) is 0 Å². The van der Waals surface area contributed by atoms with Crippen molar-refractivity contribution in [2.45, 2.75) is 24.8 Å². The summed E-state index contributed by atoms with van der Waals surface area (Å²) in [5.41, 5.74) is 0.542. The van der Waals surface area contributed by atoms with Gasteiger partial charge in [-0.25, -0.2) is 13.1 Å². The van der Waals surface area contributed by atoms with Crippen LogP contribution in [0, 0.1) is 24.0 Å². The summed E-state index contributed by atoms with van der Waals surface area (Å²) < 4.78 is 26.2. The monoisotopic (exact) mass is 304 g/mol. The molecule has 1 aromatic rings. The molecule has 0 spiro atoms. The summed E-state index contributed by atoms with van der Waals surface area (Å²) in [4.78, 5) is 9.89. The predicted molar refractivity (Wildman–Crippen MR) is 70.9 cm³/mol. The van der Waals surface area contributed by atoms with Gasteiger partial charge in [-0.1, -0.05) is 0 Å².